The standard InChI is InChI=1S/C15H39N9O6/c1-16(25-7)13-22(19(4)28-10)14(17(2)26-8)24(21(6)30-12)15(18(3)27-9)23(13)20(5)29-11/h13-15H,1-12H3. The monoisotopic (exact) mass is 441 g/mol. The highest BCUT2D eigenvalue weighted by atomic mass is 16.8. The lowest BCUT2D eigenvalue weighted by Crippen LogP contribution is -2.84. The van der Waals surface area contributed by atoms with E-state index in [-0.39, 0.29) is 0 Å². The summed E-state index contributed by atoms with van der Waals surface area (Å²) in [7, 11) is 20.1. The predicted octanol–water partition coefficient (Wildman–Crippen LogP) is -1.54. The molecule has 1 rings (SSSR count). The Hall–Kier alpha value is -0.600. The van der Waals surface area contributed by atoms with Crippen LogP contribution in [0.3, 0.4) is 0 Å². The van der Waals surface area contributed by atoms with E-state index in [0.717, 1.165) is 0 Å². The highest BCUT2D eigenvalue weighted by Crippen LogP contribution is 2.33. The fraction of sp³-hybridized carbons (Fsp3) is 1.00. The average molecular weight is 442 g/mol. The van der Waals surface area contributed by atoms with Crippen molar-refractivity contribution in [1.29, 1.82) is 0 Å². The van der Waals surface area contributed by atoms with Crippen LogP contribution >= 0.6 is 0 Å². The van der Waals surface area contributed by atoms with Crippen LogP contribution in [-0.2, 0) is 29.0 Å². The average Bonchev–Trinajstić information content (AvgIpc) is 2.78. The van der Waals surface area contributed by atoms with Crippen LogP contribution in [0.15, 0.2) is 0 Å². The predicted molar refractivity (Wildman–Crippen MR) is 106 cm³/mol. The summed E-state index contributed by atoms with van der Waals surface area (Å²) in [5, 5.41) is 15.2. The van der Waals surface area contributed by atoms with E-state index in [1.54, 1.807) is 116 Å². The molecule has 1 saturated heterocycles. The van der Waals surface area contributed by atoms with Gasteiger partial charge < -0.3 is 0 Å². The zero-order chi connectivity index (χ0) is 23.2. The first kappa shape index (κ1) is 27.4. The maximum atomic E-state index is 5.59. The van der Waals surface area contributed by atoms with Crippen LogP contribution in [0.2, 0.25) is 0 Å². The molecule has 0 spiro atoms. The van der Waals surface area contributed by atoms with Gasteiger partial charge in [-0.15, -0.1) is 30.5 Å². The third kappa shape index (κ3) is 5.41. The van der Waals surface area contributed by atoms with Gasteiger partial charge in [0.25, 0.3) is 0 Å². The highest BCUT2D eigenvalue weighted by Gasteiger charge is 2.57. The van der Waals surface area contributed by atoms with Crippen LogP contribution in [0, 0.1) is 0 Å². The molecular weight excluding hydrogens is 402 g/mol. The minimum Gasteiger partial charge on any atom is -0.300 e. The van der Waals surface area contributed by atoms with Gasteiger partial charge in [0, 0.05) is 42.3 Å². The molecular formula is C15H39N9O6. The lowest BCUT2D eigenvalue weighted by Gasteiger charge is -2.62. The summed E-state index contributed by atoms with van der Waals surface area (Å²) in [6.07, 6.45) is -1.76. The Morgan fingerprint density at radius 2 is 0.600 bits per heavy atom. The Labute approximate surface area is 179 Å². The van der Waals surface area contributed by atoms with Crippen molar-refractivity contribution in [1.82, 2.24) is 45.7 Å². The third-order valence-corrected chi connectivity index (χ3v) is 5.03. The van der Waals surface area contributed by atoms with Crippen molar-refractivity contribution < 1.29 is 29.0 Å². The number of hydrazine groups is 3. The van der Waals surface area contributed by atoms with Crippen molar-refractivity contribution in [3.8, 4) is 0 Å². The molecule has 0 atom stereocenters. The molecule has 1 aliphatic rings. The molecule has 0 unspecified atom stereocenters. The fourth-order valence-corrected chi connectivity index (χ4v) is 3.16. The maximum absolute atomic E-state index is 5.59. The third-order valence-electron chi connectivity index (χ3n) is 5.03. The van der Waals surface area contributed by atoms with E-state index in [2.05, 4.69) is 0 Å². The molecule has 15 heteroatoms. The molecule has 1 fully saturated rings. The summed E-state index contributed by atoms with van der Waals surface area (Å²) in [4.78, 5) is 33.5. The molecule has 0 saturated carbocycles. The second-order valence-corrected chi connectivity index (χ2v) is 6.31. The number of nitrogens with zero attached hydrogens (tertiary/aromatic N) is 9. The van der Waals surface area contributed by atoms with E-state index in [1.165, 1.54) is 0 Å². The zero-order valence-corrected chi connectivity index (χ0v) is 20.2. The van der Waals surface area contributed by atoms with Gasteiger partial charge in [0.1, 0.15) is 0 Å². The normalized spacial score (nSPS) is 25.2. The summed E-state index contributed by atoms with van der Waals surface area (Å²) in [5.41, 5.74) is 0. The van der Waals surface area contributed by atoms with Crippen molar-refractivity contribution >= 4 is 0 Å². The van der Waals surface area contributed by atoms with Crippen LogP contribution in [0.25, 0.3) is 0 Å². The molecule has 1 aliphatic heterocycles. The van der Waals surface area contributed by atoms with Crippen LogP contribution < -0.4 is 0 Å². The summed E-state index contributed by atoms with van der Waals surface area (Å²) in [5.74, 6) is 0. The molecule has 0 aromatic carbocycles. The van der Waals surface area contributed by atoms with Gasteiger partial charge in [0.05, 0.1) is 42.7 Å². The maximum Gasteiger partial charge on any atom is 0.177 e. The van der Waals surface area contributed by atoms with Gasteiger partial charge >= 0.3 is 0 Å². The van der Waals surface area contributed by atoms with Gasteiger partial charge in [-0.05, 0) is 0 Å². The Morgan fingerprint density at radius 1 is 0.400 bits per heavy atom. The Kier molecular flexibility index (Phi) is 11.4. The van der Waals surface area contributed by atoms with Crippen molar-refractivity contribution in [3.63, 3.8) is 0 Å². The van der Waals surface area contributed by atoms with E-state index >= 15 is 0 Å². The molecule has 1 heterocycles. The summed E-state index contributed by atoms with van der Waals surface area (Å²) in [6, 6.07) is 0. The molecule has 0 aliphatic carbocycles. The quantitative estimate of drug-likeness (QED) is 0.328. The topological polar surface area (TPSA) is 84.5 Å². The van der Waals surface area contributed by atoms with Gasteiger partial charge in [-0.3, -0.25) is 29.0 Å². The van der Waals surface area contributed by atoms with Crippen LogP contribution in [0.4, 0.5) is 0 Å². The first-order chi connectivity index (χ1) is 14.2. The minimum absolute atomic E-state index is 0.586. The Balaban J connectivity index is 3.83. The molecule has 0 aromatic rings. The first-order valence-corrected chi connectivity index (χ1v) is 9.15. The number of hydroxylamine groups is 9. The summed E-state index contributed by atoms with van der Waals surface area (Å²) >= 11 is 0. The highest BCUT2D eigenvalue weighted by molar-refractivity contribution is 4.81. The molecule has 0 amide bonds. The zero-order valence-electron chi connectivity index (χ0n) is 20.2. The van der Waals surface area contributed by atoms with Crippen LogP contribution in [0.1, 0.15) is 0 Å². The lowest BCUT2D eigenvalue weighted by molar-refractivity contribution is -0.530. The number of hydrogen-bond donors (Lipinski definition) is 0. The van der Waals surface area contributed by atoms with Gasteiger partial charge in [-0.1, -0.05) is 0 Å². The molecule has 0 N–H and O–H groups in total. The molecule has 180 valence electrons. The van der Waals surface area contributed by atoms with E-state index in [4.69, 9.17) is 29.0 Å². The van der Waals surface area contributed by atoms with Crippen LogP contribution in [0.5, 0.6) is 0 Å². The van der Waals surface area contributed by atoms with Gasteiger partial charge in [0.15, 0.2) is 18.9 Å². The van der Waals surface area contributed by atoms with Crippen LogP contribution in [-0.4, -0.2) is 150 Å². The summed E-state index contributed by atoms with van der Waals surface area (Å²) < 4.78 is 0. The molecule has 0 radical (unpaired) electrons. The molecule has 0 aromatic heterocycles. The molecule has 0 bridgehead atoms. The fourth-order valence-electron chi connectivity index (χ4n) is 3.16. The number of hydrogen-bond acceptors (Lipinski definition) is 15. The van der Waals surface area contributed by atoms with E-state index in [0.29, 0.717) is 0 Å². The van der Waals surface area contributed by atoms with E-state index < -0.39 is 18.9 Å². The van der Waals surface area contributed by atoms with Crippen molar-refractivity contribution in [3.05, 3.63) is 0 Å². The number of rotatable bonds is 12. The smallest absolute Gasteiger partial charge is 0.177 e. The van der Waals surface area contributed by atoms with E-state index in [1.807, 2.05) is 15.0 Å². The summed E-state index contributed by atoms with van der Waals surface area (Å²) in [6.45, 7) is 0. The van der Waals surface area contributed by atoms with Crippen molar-refractivity contribution in [2.45, 2.75) is 18.9 Å². The van der Waals surface area contributed by atoms with Gasteiger partial charge in [-0.25, -0.2) is 0 Å². The first-order valence-electron chi connectivity index (χ1n) is 9.15. The molecule has 30 heavy (non-hydrogen) atoms. The largest absolute Gasteiger partial charge is 0.300 e. The molecule has 15 nitrogen and oxygen atoms in total. The lowest BCUT2D eigenvalue weighted by atomic mass is 10.4. The van der Waals surface area contributed by atoms with Gasteiger partial charge in [0.2, 0.25) is 0 Å². The second kappa shape index (κ2) is 12.4. The van der Waals surface area contributed by atoms with E-state index in [9.17, 15) is 0 Å². The Morgan fingerprint density at radius 3 is 0.733 bits per heavy atom. The Bertz CT molecular complexity index is 377. The van der Waals surface area contributed by atoms with Crippen molar-refractivity contribution in [2.24, 2.45) is 0 Å². The minimum atomic E-state index is -0.586. The SMILES string of the molecule is CON(C)C1N(N(C)OC)C(N(C)OC)N(N(C)OC)C(N(C)OC)N1N(C)OC. The second-order valence-electron chi connectivity index (χ2n) is 6.31. The van der Waals surface area contributed by atoms with Gasteiger partial charge in [-0.2, -0.15) is 15.2 Å². The van der Waals surface area contributed by atoms with Crippen molar-refractivity contribution in [2.75, 3.05) is 84.9 Å².